The molecule has 11 nitrogen and oxygen atoms in total. The lowest BCUT2D eigenvalue weighted by molar-refractivity contribution is -0.148. The Labute approximate surface area is 188 Å². The van der Waals surface area contributed by atoms with Gasteiger partial charge in [0.25, 0.3) is 11.5 Å². The molecular weight excluding hydrogens is 430 g/mol. The molecule has 33 heavy (non-hydrogen) atoms. The van der Waals surface area contributed by atoms with Crippen molar-refractivity contribution < 1.29 is 23.9 Å². The van der Waals surface area contributed by atoms with Crippen LogP contribution in [0.15, 0.2) is 41.3 Å². The number of nitrogens with zero attached hydrogens (tertiary/aromatic N) is 1. The second-order valence-corrected chi connectivity index (χ2v) is 7.40. The van der Waals surface area contributed by atoms with Gasteiger partial charge in [0.05, 0.1) is 25.5 Å². The van der Waals surface area contributed by atoms with Crippen LogP contribution < -0.4 is 16.6 Å². The summed E-state index contributed by atoms with van der Waals surface area (Å²) in [4.78, 5) is 59.0. The molecule has 0 aliphatic heterocycles. The number of aromatic nitrogens is 3. The van der Waals surface area contributed by atoms with Crippen LogP contribution in [-0.2, 0) is 25.5 Å². The smallest absolute Gasteiger partial charge is 0.328 e. The molecule has 0 aliphatic carbocycles. The third-order valence-electron chi connectivity index (χ3n) is 5.29. The van der Waals surface area contributed by atoms with Crippen molar-refractivity contribution >= 4 is 34.8 Å². The minimum absolute atomic E-state index is 0.0107. The van der Waals surface area contributed by atoms with Crippen LogP contribution in [0.4, 0.5) is 5.95 Å². The zero-order valence-electron chi connectivity index (χ0n) is 18.2. The highest BCUT2D eigenvalue weighted by Gasteiger charge is 2.30. The number of fused-ring (bicyclic) bond motifs is 1. The summed E-state index contributed by atoms with van der Waals surface area (Å²) in [5.74, 6) is -2.46. The predicted molar refractivity (Wildman–Crippen MR) is 119 cm³/mol. The number of H-pyrrole nitrogens is 2. The topological polar surface area (TPSA) is 169 Å². The number of anilines is 1. The van der Waals surface area contributed by atoms with E-state index < -0.39 is 35.4 Å². The summed E-state index contributed by atoms with van der Waals surface area (Å²) in [6.45, 7) is 0. The quantitative estimate of drug-likeness (QED) is 0.345. The molecule has 2 aromatic heterocycles. The average molecular weight is 455 g/mol. The number of carbonyl (C=O) groups is 3. The molecule has 11 heteroatoms. The molecule has 5 N–H and O–H groups in total. The Bertz CT molecular complexity index is 1200. The van der Waals surface area contributed by atoms with E-state index in [4.69, 9.17) is 15.2 Å². The number of hydrogen-bond acceptors (Lipinski definition) is 8. The van der Waals surface area contributed by atoms with Crippen LogP contribution in [0.5, 0.6) is 0 Å². The van der Waals surface area contributed by atoms with Crippen molar-refractivity contribution in [2.45, 2.75) is 25.3 Å². The normalized spacial score (nSPS) is 12.7. The number of methoxy groups -OCH3 is 2. The third kappa shape index (κ3) is 5.56. The van der Waals surface area contributed by atoms with E-state index >= 15 is 0 Å². The van der Waals surface area contributed by atoms with Crippen LogP contribution in [-0.4, -0.2) is 53.1 Å². The maximum absolute atomic E-state index is 12.6. The molecule has 2 atom stereocenters. The number of aromatic amines is 2. The molecule has 174 valence electrons. The Morgan fingerprint density at radius 3 is 2.48 bits per heavy atom. The number of esters is 2. The summed E-state index contributed by atoms with van der Waals surface area (Å²) in [7, 11) is 2.45. The number of nitrogen functional groups attached to an aromatic ring is 1. The lowest BCUT2D eigenvalue weighted by Gasteiger charge is -2.21. The van der Waals surface area contributed by atoms with Crippen molar-refractivity contribution in [3.05, 3.63) is 58.0 Å². The van der Waals surface area contributed by atoms with Crippen LogP contribution in [0.2, 0.25) is 0 Å². The Morgan fingerprint density at radius 1 is 1.12 bits per heavy atom. The number of hydrogen-bond donors (Lipinski definition) is 4. The van der Waals surface area contributed by atoms with Crippen LogP contribution in [0.1, 0.15) is 28.8 Å². The van der Waals surface area contributed by atoms with Gasteiger partial charge in [-0.05, 0) is 37.0 Å². The van der Waals surface area contributed by atoms with Crippen molar-refractivity contribution in [2.75, 3.05) is 20.0 Å². The lowest BCUT2D eigenvalue weighted by Crippen LogP contribution is -2.43. The Kier molecular flexibility index (Phi) is 7.44. The SMILES string of the molecule is COC(=O)C(CCc1c[nH]c2nc(N)[nH]c(=O)c12)C[C@H](NC(=O)c1ccccc1)C(=O)OC. The van der Waals surface area contributed by atoms with Crippen LogP contribution >= 0.6 is 0 Å². The van der Waals surface area contributed by atoms with Gasteiger partial charge in [0.1, 0.15) is 11.7 Å². The summed E-state index contributed by atoms with van der Waals surface area (Å²) in [5.41, 5.74) is 6.51. The zero-order valence-corrected chi connectivity index (χ0v) is 18.2. The number of aryl methyl sites for hydroxylation is 1. The molecule has 3 rings (SSSR count). The largest absolute Gasteiger partial charge is 0.469 e. The van der Waals surface area contributed by atoms with Crippen LogP contribution in [0.3, 0.4) is 0 Å². The highest BCUT2D eigenvalue weighted by atomic mass is 16.5. The van der Waals surface area contributed by atoms with Crippen molar-refractivity contribution in [3.8, 4) is 0 Å². The second kappa shape index (κ2) is 10.4. The van der Waals surface area contributed by atoms with Crippen LogP contribution in [0.25, 0.3) is 11.0 Å². The Morgan fingerprint density at radius 2 is 1.82 bits per heavy atom. The van der Waals surface area contributed by atoms with Crippen LogP contribution in [0, 0.1) is 5.92 Å². The second-order valence-electron chi connectivity index (χ2n) is 7.40. The van der Waals surface area contributed by atoms with E-state index in [1.165, 1.54) is 14.2 Å². The van der Waals surface area contributed by atoms with Crippen molar-refractivity contribution in [2.24, 2.45) is 5.92 Å². The number of amides is 1. The lowest BCUT2D eigenvalue weighted by atomic mass is 9.92. The van der Waals surface area contributed by atoms with Gasteiger partial charge in [-0.25, -0.2) is 4.79 Å². The molecule has 0 saturated heterocycles. The fourth-order valence-corrected chi connectivity index (χ4v) is 3.62. The van der Waals surface area contributed by atoms with E-state index in [9.17, 15) is 19.2 Å². The van der Waals surface area contributed by atoms with E-state index in [1.807, 2.05) is 0 Å². The maximum atomic E-state index is 12.6. The molecule has 1 unspecified atom stereocenters. The van der Waals surface area contributed by atoms with E-state index in [1.54, 1.807) is 36.5 Å². The molecule has 0 bridgehead atoms. The molecular formula is C22H25N5O6. The summed E-state index contributed by atoms with van der Waals surface area (Å²) in [6.07, 6.45) is 2.14. The minimum atomic E-state index is -1.07. The third-order valence-corrected chi connectivity index (χ3v) is 5.29. The first-order chi connectivity index (χ1) is 15.8. The minimum Gasteiger partial charge on any atom is -0.469 e. The number of ether oxygens (including phenoxy) is 2. The fourth-order valence-electron chi connectivity index (χ4n) is 3.62. The summed E-state index contributed by atoms with van der Waals surface area (Å²) < 4.78 is 9.73. The molecule has 0 spiro atoms. The van der Waals surface area contributed by atoms with E-state index in [0.29, 0.717) is 28.6 Å². The molecule has 2 heterocycles. The highest BCUT2D eigenvalue weighted by molar-refractivity contribution is 5.96. The first kappa shape index (κ1) is 23.5. The first-order valence-corrected chi connectivity index (χ1v) is 10.2. The van der Waals surface area contributed by atoms with Gasteiger partial charge in [0.2, 0.25) is 5.95 Å². The van der Waals surface area contributed by atoms with Crippen molar-refractivity contribution in [3.63, 3.8) is 0 Å². The number of nitrogens with two attached hydrogens (primary N) is 1. The van der Waals surface area contributed by atoms with Crippen molar-refractivity contribution in [1.82, 2.24) is 20.3 Å². The van der Waals surface area contributed by atoms with Gasteiger partial charge in [-0.15, -0.1) is 0 Å². The van der Waals surface area contributed by atoms with Gasteiger partial charge in [0.15, 0.2) is 0 Å². The molecule has 0 saturated carbocycles. The number of benzene rings is 1. The van der Waals surface area contributed by atoms with E-state index in [-0.39, 0.29) is 18.8 Å². The van der Waals surface area contributed by atoms with Gasteiger partial charge in [0, 0.05) is 11.8 Å². The maximum Gasteiger partial charge on any atom is 0.328 e. The number of nitrogens with one attached hydrogen (secondary N) is 3. The van der Waals surface area contributed by atoms with Gasteiger partial charge in [-0.3, -0.25) is 19.4 Å². The van der Waals surface area contributed by atoms with Crippen molar-refractivity contribution in [1.29, 1.82) is 0 Å². The van der Waals surface area contributed by atoms with Gasteiger partial charge >= 0.3 is 11.9 Å². The average Bonchev–Trinajstić information content (AvgIpc) is 3.23. The summed E-state index contributed by atoms with van der Waals surface area (Å²) in [6, 6.07) is 7.31. The van der Waals surface area contributed by atoms with E-state index in [2.05, 4.69) is 20.3 Å². The first-order valence-electron chi connectivity index (χ1n) is 10.2. The Balaban J connectivity index is 1.78. The molecule has 0 fully saturated rings. The van der Waals surface area contributed by atoms with Gasteiger partial charge in [-0.1, -0.05) is 18.2 Å². The molecule has 0 aliphatic rings. The van der Waals surface area contributed by atoms with Gasteiger partial charge < -0.3 is 25.5 Å². The number of carbonyl (C=O) groups excluding carboxylic acids is 3. The summed E-state index contributed by atoms with van der Waals surface area (Å²) in [5, 5.41) is 2.97. The fraction of sp³-hybridized carbons (Fsp3) is 0.318. The number of rotatable bonds is 9. The molecule has 0 radical (unpaired) electrons. The monoisotopic (exact) mass is 455 g/mol. The van der Waals surface area contributed by atoms with E-state index in [0.717, 1.165) is 0 Å². The standard InChI is InChI=1S/C22H25N5O6/c1-32-20(30)13(8-9-14-11-24-17-16(14)19(29)27-22(23)26-17)10-15(21(31)33-2)25-18(28)12-6-4-3-5-7-12/h3-7,11,13,15H,8-10H2,1-2H3,(H,25,28)(H4,23,24,26,27,29)/t13?,15-/m0/s1. The predicted octanol–water partition coefficient (Wildman–Crippen LogP) is 0.917. The molecule has 1 amide bonds. The Hall–Kier alpha value is -4.15. The molecule has 1 aromatic carbocycles. The molecule has 3 aromatic rings. The highest BCUT2D eigenvalue weighted by Crippen LogP contribution is 2.21. The summed E-state index contributed by atoms with van der Waals surface area (Å²) >= 11 is 0. The van der Waals surface area contributed by atoms with Gasteiger partial charge in [-0.2, -0.15) is 4.98 Å². The zero-order chi connectivity index (χ0) is 24.0.